The molecular weight excluding hydrogens is 186 g/mol. The van der Waals surface area contributed by atoms with E-state index in [4.69, 9.17) is 5.73 Å². The Bertz CT molecular complexity index is 337. The van der Waals surface area contributed by atoms with Crippen LogP contribution in [0.5, 0.6) is 0 Å². The molecule has 0 bridgehead atoms. The van der Waals surface area contributed by atoms with Gasteiger partial charge in [0.05, 0.1) is 5.69 Å². The minimum atomic E-state index is 0.415. The van der Waals surface area contributed by atoms with Gasteiger partial charge in [0, 0.05) is 12.2 Å². The predicted molar refractivity (Wildman–Crippen MR) is 61.7 cm³/mol. The highest BCUT2D eigenvalue weighted by Gasteiger charge is 2.41. The average molecular weight is 207 g/mol. The summed E-state index contributed by atoms with van der Waals surface area (Å²) in [6.07, 6.45) is 4.72. The molecule has 3 heteroatoms. The molecule has 1 saturated carbocycles. The minimum Gasteiger partial charge on any atom is -0.330 e. The van der Waals surface area contributed by atoms with Gasteiger partial charge in [0.1, 0.15) is 0 Å². The first kappa shape index (κ1) is 10.7. The highest BCUT2D eigenvalue weighted by Crippen LogP contribution is 2.47. The van der Waals surface area contributed by atoms with Crippen LogP contribution in [-0.4, -0.2) is 16.3 Å². The van der Waals surface area contributed by atoms with Gasteiger partial charge in [-0.1, -0.05) is 6.92 Å². The molecule has 0 saturated heterocycles. The van der Waals surface area contributed by atoms with E-state index >= 15 is 0 Å². The maximum atomic E-state index is 5.82. The van der Waals surface area contributed by atoms with Crippen molar-refractivity contribution >= 4 is 0 Å². The van der Waals surface area contributed by atoms with Crippen molar-refractivity contribution in [2.24, 2.45) is 11.1 Å². The lowest BCUT2D eigenvalue weighted by Crippen LogP contribution is -2.19. The molecule has 0 spiro atoms. The Morgan fingerprint density at radius 1 is 1.47 bits per heavy atom. The van der Waals surface area contributed by atoms with Gasteiger partial charge in [-0.15, -0.1) is 0 Å². The molecule has 1 aliphatic rings. The zero-order valence-corrected chi connectivity index (χ0v) is 9.79. The van der Waals surface area contributed by atoms with Gasteiger partial charge in [-0.3, -0.25) is 4.68 Å². The van der Waals surface area contributed by atoms with Gasteiger partial charge in [0.2, 0.25) is 0 Å². The van der Waals surface area contributed by atoms with Crippen LogP contribution in [-0.2, 0) is 19.4 Å². The van der Waals surface area contributed by atoms with Crippen LogP contribution in [0.3, 0.4) is 0 Å². The fourth-order valence-corrected chi connectivity index (χ4v) is 2.12. The highest BCUT2D eigenvalue weighted by atomic mass is 15.3. The van der Waals surface area contributed by atoms with E-state index in [1.54, 1.807) is 0 Å². The Kier molecular flexibility index (Phi) is 2.83. The third-order valence-corrected chi connectivity index (χ3v) is 3.52. The van der Waals surface area contributed by atoms with Crippen molar-refractivity contribution in [3.63, 3.8) is 0 Å². The first-order chi connectivity index (χ1) is 7.23. The lowest BCUT2D eigenvalue weighted by Gasteiger charge is -2.12. The monoisotopic (exact) mass is 207 g/mol. The maximum Gasteiger partial charge on any atom is 0.0624 e. The van der Waals surface area contributed by atoms with E-state index in [9.17, 15) is 0 Å². The SMILES string of the molecule is CCc1cc(CC2(CN)CC2)n(CC)n1. The van der Waals surface area contributed by atoms with Gasteiger partial charge < -0.3 is 5.73 Å². The van der Waals surface area contributed by atoms with Crippen LogP contribution in [0.1, 0.15) is 38.1 Å². The zero-order chi connectivity index (χ0) is 10.9. The largest absolute Gasteiger partial charge is 0.330 e. The van der Waals surface area contributed by atoms with Gasteiger partial charge in [-0.2, -0.15) is 5.10 Å². The number of hydrogen-bond acceptors (Lipinski definition) is 2. The topological polar surface area (TPSA) is 43.8 Å². The van der Waals surface area contributed by atoms with Crippen LogP contribution in [0.4, 0.5) is 0 Å². The van der Waals surface area contributed by atoms with Crippen LogP contribution < -0.4 is 5.73 Å². The maximum absolute atomic E-state index is 5.82. The van der Waals surface area contributed by atoms with Crippen molar-refractivity contribution in [1.29, 1.82) is 0 Å². The number of nitrogens with zero attached hydrogens (tertiary/aromatic N) is 2. The summed E-state index contributed by atoms with van der Waals surface area (Å²) in [4.78, 5) is 0. The van der Waals surface area contributed by atoms with E-state index < -0.39 is 0 Å². The molecule has 1 aromatic heterocycles. The van der Waals surface area contributed by atoms with Crippen molar-refractivity contribution < 1.29 is 0 Å². The molecule has 1 aliphatic carbocycles. The Balaban J connectivity index is 2.15. The summed E-state index contributed by atoms with van der Waals surface area (Å²) in [6.45, 7) is 6.10. The van der Waals surface area contributed by atoms with Crippen molar-refractivity contribution in [2.45, 2.75) is 46.1 Å². The van der Waals surface area contributed by atoms with Gasteiger partial charge >= 0.3 is 0 Å². The van der Waals surface area contributed by atoms with Crippen LogP contribution in [0.15, 0.2) is 6.07 Å². The molecule has 0 unspecified atom stereocenters. The molecule has 0 atom stereocenters. The summed E-state index contributed by atoms with van der Waals surface area (Å²) in [7, 11) is 0. The summed E-state index contributed by atoms with van der Waals surface area (Å²) >= 11 is 0. The van der Waals surface area contributed by atoms with E-state index in [-0.39, 0.29) is 0 Å². The van der Waals surface area contributed by atoms with Crippen LogP contribution in [0, 0.1) is 5.41 Å². The molecule has 0 aliphatic heterocycles. The fraction of sp³-hybridized carbons (Fsp3) is 0.750. The minimum absolute atomic E-state index is 0.415. The first-order valence-electron chi connectivity index (χ1n) is 5.98. The van der Waals surface area contributed by atoms with E-state index in [1.165, 1.54) is 24.2 Å². The standard InChI is InChI=1S/C12H21N3/c1-3-10-7-11(15(4-2)14-10)8-12(9-13)5-6-12/h7H,3-6,8-9,13H2,1-2H3. The van der Waals surface area contributed by atoms with E-state index in [0.29, 0.717) is 5.41 Å². The second kappa shape index (κ2) is 3.97. The van der Waals surface area contributed by atoms with E-state index in [0.717, 1.165) is 25.9 Å². The second-order valence-electron chi connectivity index (χ2n) is 4.68. The molecular formula is C12H21N3. The molecule has 1 heterocycles. The number of aryl methyl sites for hydroxylation is 2. The number of rotatable bonds is 5. The molecule has 84 valence electrons. The summed E-state index contributed by atoms with van der Waals surface area (Å²) in [6, 6.07) is 2.25. The number of aromatic nitrogens is 2. The molecule has 3 nitrogen and oxygen atoms in total. The fourth-order valence-electron chi connectivity index (χ4n) is 2.12. The Morgan fingerprint density at radius 2 is 2.20 bits per heavy atom. The molecule has 0 aromatic carbocycles. The predicted octanol–water partition coefficient (Wildman–Crippen LogP) is 1.75. The molecule has 0 amide bonds. The lowest BCUT2D eigenvalue weighted by molar-refractivity contribution is 0.486. The highest BCUT2D eigenvalue weighted by molar-refractivity contribution is 5.15. The normalized spacial score (nSPS) is 18.1. The number of hydrogen-bond donors (Lipinski definition) is 1. The van der Waals surface area contributed by atoms with Gasteiger partial charge in [-0.05, 0) is 50.6 Å². The second-order valence-corrected chi connectivity index (χ2v) is 4.68. The molecule has 1 fully saturated rings. The number of nitrogens with two attached hydrogens (primary N) is 1. The summed E-state index contributed by atoms with van der Waals surface area (Å²) in [5.41, 5.74) is 8.81. The smallest absolute Gasteiger partial charge is 0.0624 e. The van der Waals surface area contributed by atoms with Crippen molar-refractivity contribution in [1.82, 2.24) is 9.78 Å². The quantitative estimate of drug-likeness (QED) is 0.799. The molecule has 2 N–H and O–H groups in total. The third kappa shape index (κ3) is 2.07. The van der Waals surface area contributed by atoms with Gasteiger partial charge in [0.25, 0.3) is 0 Å². The van der Waals surface area contributed by atoms with Crippen LogP contribution in [0.2, 0.25) is 0 Å². The molecule has 2 rings (SSSR count). The van der Waals surface area contributed by atoms with Crippen molar-refractivity contribution in [3.8, 4) is 0 Å². The Morgan fingerprint density at radius 3 is 2.67 bits per heavy atom. The molecule has 0 radical (unpaired) electrons. The Labute approximate surface area is 91.7 Å². The molecule has 1 aromatic rings. The third-order valence-electron chi connectivity index (χ3n) is 3.52. The Hall–Kier alpha value is -0.830. The van der Waals surface area contributed by atoms with Gasteiger partial charge in [0.15, 0.2) is 0 Å². The van der Waals surface area contributed by atoms with E-state index in [1.807, 2.05) is 0 Å². The summed E-state index contributed by atoms with van der Waals surface area (Å²) in [5.74, 6) is 0. The summed E-state index contributed by atoms with van der Waals surface area (Å²) in [5, 5.41) is 4.57. The van der Waals surface area contributed by atoms with Crippen molar-refractivity contribution in [2.75, 3.05) is 6.54 Å². The van der Waals surface area contributed by atoms with Crippen LogP contribution >= 0.6 is 0 Å². The lowest BCUT2D eigenvalue weighted by atomic mass is 10.0. The average Bonchev–Trinajstić information content (AvgIpc) is 2.92. The zero-order valence-electron chi connectivity index (χ0n) is 9.79. The van der Waals surface area contributed by atoms with E-state index in [2.05, 4.69) is 29.7 Å². The first-order valence-corrected chi connectivity index (χ1v) is 5.98. The van der Waals surface area contributed by atoms with Crippen molar-refractivity contribution in [3.05, 3.63) is 17.5 Å². The summed E-state index contributed by atoms with van der Waals surface area (Å²) < 4.78 is 2.13. The van der Waals surface area contributed by atoms with Crippen LogP contribution in [0.25, 0.3) is 0 Å². The molecule has 15 heavy (non-hydrogen) atoms. The van der Waals surface area contributed by atoms with Gasteiger partial charge in [-0.25, -0.2) is 0 Å².